The van der Waals surface area contributed by atoms with Crippen molar-refractivity contribution in [3.63, 3.8) is 0 Å². The molecule has 0 saturated carbocycles. The summed E-state index contributed by atoms with van der Waals surface area (Å²) < 4.78 is 5.36. The molecule has 16 heavy (non-hydrogen) atoms. The van der Waals surface area contributed by atoms with Gasteiger partial charge in [0, 0.05) is 11.6 Å². The van der Waals surface area contributed by atoms with Crippen molar-refractivity contribution in [3.05, 3.63) is 48.2 Å². The lowest BCUT2D eigenvalue weighted by molar-refractivity contribution is 0.575. The summed E-state index contributed by atoms with van der Waals surface area (Å²) in [6.07, 6.45) is 2.79. The van der Waals surface area contributed by atoms with Gasteiger partial charge in [0.15, 0.2) is 0 Å². The summed E-state index contributed by atoms with van der Waals surface area (Å²) in [5, 5.41) is 3.30. The highest BCUT2D eigenvalue weighted by Crippen LogP contribution is 2.23. The van der Waals surface area contributed by atoms with Crippen LogP contribution >= 0.6 is 0 Å². The first-order valence-corrected chi connectivity index (χ1v) is 5.66. The van der Waals surface area contributed by atoms with Gasteiger partial charge in [0.2, 0.25) is 0 Å². The lowest BCUT2D eigenvalue weighted by Crippen LogP contribution is -2.14. The molecule has 0 aliphatic carbocycles. The fraction of sp³-hybridized carbons (Fsp3) is 0.286. The molecule has 1 aromatic carbocycles. The summed E-state index contributed by atoms with van der Waals surface area (Å²) in [7, 11) is 1.99. The zero-order chi connectivity index (χ0) is 11.4. The van der Waals surface area contributed by atoms with Gasteiger partial charge >= 0.3 is 0 Å². The number of furan rings is 1. The normalized spacial score (nSPS) is 12.6. The van der Waals surface area contributed by atoms with E-state index in [2.05, 4.69) is 36.5 Å². The van der Waals surface area contributed by atoms with Crippen LogP contribution in [-0.4, -0.2) is 7.05 Å². The van der Waals surface area contributed by atoms with Crippen molar-refractivity contribution in [1.82, 2.24) is 5.32 Å². The molecule has 1 N–H and O–H groups in total. The van der Waals surface area contributed by atoms with E-state index in [1.54, 1.807) is 6.26 Å². The molecule has 0 spiro atoms. The molecule has 0 bridgehead atoms. The maximum Gasteiger partial charge on any atom is 0.133 e. The van der Waals surface area contributed by atoms with Crippen LogP contribution in [0.15, 0.2) is 47.1 Å². The predicted molar refractivity (Wildman–Crippen MR) is 66.2 cm³/mol. The molecule has 0 saturated heterocycles. The highest BCUT2D eigenvalue weighted by atomic mass is 16.3. The number of benzene rings is 1. The van der Waals surface area contributed by atoms with E-state index in [9.17, 15) is 0 Å². The van der Waals surface area contributed by atoms with Gasteiger partial charge in [-0.2, -0.15) is 0 Å². The van der Waals surface area contributed by atoms with Crippen molar-refractivity contribution in [3.8, 4) is 11.3 Å². The smallest absolute Gasteiger partial charge is 0.133 e. The summed E-state index contributed by atoms with van der Waals surface area (Å²) >= 11 is 0. The van der Waals surface area contributed by atoms with E-state index in [1.165, 1.54) is 5.56 Å². The lowest BCUT2D eigenvalue weighted by Gasteiger charge is -2.14. The van der Waals surface area contributed by atoms with Crippen LogP contribution in [0.5, 0.6) is 0 Å². The Labute approximate surface area is 96.3 Å². The van der Waals surface area contributed by atoms with E-state index in [4.69, 9.17) is 4.42 Å². The van der Waals surface area contributed by atoms with Crippen LogP contribution in [0, 0.1) is 0 Å². The molecule has 2 rings (SSSR count). The largest absolute Gasteiger partial charge is 0.464 e. The van der Waals surface area contributed by atoms with Gasteiger partial charge in [0.1, 0.15) is 5.76 Å². The standard InChI is InChI=1S/C14H17NO/c1-3-13(15-2)11-6-8-12(9-7-11)14-5-4-10-16-14/h4-10,13,15H,3H2,1-2H3. The molecule has 0 aliphatic rings. The average Bonchev–Trinajstić information content (AvgIpc) is 2.85. The summed E-state index contributed by atoms with van der Waals surface area (Å²) in [6, 6.07) is 12.8. The van der Waals surface area contributed by atoms with Gasteiger partial charge in [-0.05, 0) is 31.2 Å². The Bertz CT molecular complexity index is 413. The molecule has 1 aromatic heterocycles. The van der Waals surface area contributed by atoms with Crippen LogP contribution in [0.25, 0.3) is 11.3 Å². The Balaban J connectivity index is 2.22. The highest BCUT2D eigenvalue weighted by Gasteiger charge is 2.06. The summed E-state index contributed by atoms with van der Waals surface area (Å²) in [5.41, 5.74) is 2.44. The molecule has 2 nitrogen and oxygen atoms in total. The van der Waals surface area contributed by atoms with E-state index in [0.29, 0.717) is 6.04 Å². The number of hydrogen-bond donors (Lipinski definition) is 1. The second kappa shape index (κ2) is 4.99. The molecule has 0 fully saturated rings. The fourth-order valence-corrected chi connectivity index (χ4v) is 1.93. The van der Waals surface area contributed by atoms with Gasteiger partial charge in [-0.1, -0.05) is 31.2 Å². The molecule has 1 unspecified atom stereocenters. The highest BCUT2D eigenvalue weighted by molar-refractivity contribution is 5.57. The molecular formula is C14H17NO. The van der Waals surface area contributed by atoms with E-state index in [-0.39, 0.29) is 0 Å². The Kier molecular flexibility index (Phi) is 3.42. The van der Waals surface area contributed by atoms with Crippen molar-refractivity contribution in [2.75, 3.05) is 7.05 Å². The van der Waals surface area contributed by atoms with Crippen LogP contribution in [0.2, 0.25) is 0 Å². The first-order chi connectivity index (χ1) is 7.85. The minimum atomic E-state index is 0.436. The third-order valence-electron chi connectivity index (χ3n) is 2.88. The van der Waals surface area contributed by atoms with Crippen molar-refractivity contribution < 1.29 is 4.42 Å². The molecule has 84 valence electrons. The van der Waals surface area contributed by atoms with E-state index in [1.807, 2.05) is 19.2 Å². The first kappa shape index (κ1) is 11.0. The maximum atomic E-state index is 5.36. The third-order valence-corrected chi connectivity index (χ3v) is 2.88. The molecule has 0 amide bonds. The van der Waals surface area contributed by atoms with E-state index in [0.717, 1.165) is 17.7 Å². The number of nitrogens with one attached hydrogen (secondary N) is 1. The first-order valence-electron chi connectivity index (χ1n) is 5.66. The quantitative estimate of drug-likeness (QED) is 0.842. The second-order valence-corrected chi connectivity index (χ2v) is 3.85. The molecule has 2 aromatic rings. The molecule has 0 aliphatic heterocycles. The van der Waals surface area contributed by atoms with Crippen LogP contribution in [0.4, 0.5) is 0 Å². The summed E-state index contributed by atoms with van der Waals surface area (Å²) in [6.45, 7) is 2.18. The van der Waals surface area contributed by atoms with Crippen LogP contribution < -0.4 is 5.32 Å². The fourth-order valence-electron chi connectivity index (χ4n) is 1.93. The van der Waals surface area contributed by atoms with Crippen molar-refractivity contribution in [2.45, 2.75) is 19.4 Å². The van der Waals surface area contributed by atoms with Crippen molar-refractivity contribution in [1.29, 1.82) is 0 Å². The number of rotatable bonds is 4. The van der Waals surface area contributed by atoms with E-state index < -0.39 is 0 Å². The van der Waals surface area contributed by atoms with Gasteiger partial charge in [-0.15, -0.1) is 0 Å². The topological polar surface area (TPSA) is 25.2 Å². The molecule has 1 atom stereocenters. The molecule has 0 radical (unpaired) electrons. The molecular weight excluding hydrogens is 198 g/mol. The van der Waals surface area contributed by atoms with E-state index >= 15 is 0 Å². The molecule has 2 heteroatoms. The van der Waals surface area contributed by atoms with Crippen molar-refractivity contribution in [2.24, 2.45) is 0 Å². The van der Waals surface area contributed by atoms with Gasteiger partial charge in [0.05, 0.1) is 6.26 Å². The zero-order valence-corrected chi connectivity index (χ0v) is 9.73. The van der Waals surface area contributed by atoms with Gasteiger partial charge in [0.25, 0.3) is 0 Å². The third kappa shape index (κ3) is 2.17. The van der Waals surface area contributed by atoms with Gasteiger partial charge < -0.3 is 9.73 Å². The van der Waals surface area contributed by atoms with Crippen LogP contribution in [0.1, 0.15) is 24.9 Å². The van der Waals surface area contributed by atoms with Crippen LogP contribution in [-0.2, 0) is 0 Å². The SMILES string of the molecule is CCC(NC)c1ccc(-c2ccco2)cc1. The lowest BCUT2D eigenvalue weighted by atomic mass is 10.0. The Morgan fingerprint density at radius 3 is 2.44 bits per heavy atom. The summed E-state index contributed by atoms with van der Waals surface area (Å²) in [5.74, 6) is 0.920. The van der Waals surface area contributed by atoms with Crippen molar-refractivity contribution >= 4 is 0 Å². The Morgan fingerprint density at radius 1 is 1.19 bits per heavy atom. The Morgan fingerprint density at radius 2 is 1.94 bits per heavy atom. The van der Waals surface area contributed by atoms with Gasteiger partial charge in [-0.3, -0.25) is 0 Å². The summed E-state index contributed by atoms with van der Waals surface area (Å²) in [4.78, 5) is 0. The monoisotopic (exact) mass is 215 g/mol. The van der Waals surface area contributed by atoms with Crippen LogP contribution in [0.3, 0.4) is 0 Å². The van der Waals surface area contributed by atoms with Gasteiger partial charge in [-0.25, -0.2) is 0 Å². The Hall–Kier alpha value is -1.54. The number of hydrogen-bond acceptors (Lipinski definition) is 2. The molecule has 1 heterocycles. The minimum absolute atomic E-state index is 0.436. The average molecular weight is 215 g/mol. The maximum absolute atomic E-state index is 5.36. The predicted octanol–water partition coefficient (Wildman–Crippen LogP) is 3.62. The zero-order valence-electron chi connectivity index (χ0n) is 9.73. The minimum Gasteiger partial charge on any atom is -0.464 e. The second-order valence-electron chi connectivity index (χ2n) is 3.85.